The van der Waals surface area contributed by atoms with Crippen molar-refractivity contribution in [3.63, 3.8) is 0 Å². The molecule has 0 spiro atoms. The summed E-state index contributed by atoms with van der Waals surface area (Å²) in [4.78, 5) is 49.5. The largest absolute Gasteiger partial charge is 0.477 e. The molecular weight excluding hydrogens is 352 g/mol. The third kappa shape index (κ3) is 2.52. The molecule has 23 heavy (non-hydrogen) atoms. The van der Waals surface area contributed by atoms with Crippen LogP contribution in [0.25, 0.3) is 10.4 Å². The van der Waals surface area contributed by atoms with Gasteiger partial charge in [-0.15, -0.1) is 11.8 Å². The molecule has 0 bridgehead atoms. The van der Waals surface area contributed by atoms with Gasteiger partial charge in [-0.2, -0.15) is 0 Å². The lowest BCUT2D eigenvalue weighted by Gasteiger charge is -2.53. The van der Waals surface area contributed by atoms with Crippen LogP contribution in [0.3, 0.4) is 0 Å². The maximum absolute atomic E-state index is 12.3. The average molecular weight is 361 g/mol. The molecule has 0 aromatic rings. The van der Waals surface area contributed by atoms with Gasteiger partial charge in [0.1, 0.15) is 17.7 Å². The first-order valence-corrected chi connectivity index (χ1v) is 7.50. The van der Waals surface area contributed by atoms with E-state index in [1.807, 2.05) is 0 Å². The fraction of sp³-hybridized carbons (Fsp3) is 0.455. The maximum atomic E-state index is 12.3. The van der Waals surface area contributed by atoms with Crippen molar-refractivity contribution in [2.45, 2.75) is 17.8 Å². The number of esters is 1. The van der Waals surface area contributed by atoms with E-state index in [-0.39, 0.29) is 17.9 Å². The molecule has 0 aromatic heterocycles. The Morgan fingerprint density at radius 1 is 1.61 bits per heavy atom. The molecule has 2 heterocycles. The highest BCUT2D eigenvalue weighted by Gasteiger charge is 2.68. The predicted octanol–water partition coefficient (Wildman–Crippen LogP) is 0.618. The number of carbonyl (C=O) groups is 4. The first kappa shape index (κ1) is 17.1. The maximum Gasteiger partial charge on any atom is 0.352 e. The van der Waals surface area contributed by atoms with Gasteiger partial charge in [0.25, 0.3) is 5.91 Å². The van der Waals surface area contributed by atoms with Gasteiger partial charge in [0.15, 0.2) is 0 Å². The number of aliphatic carboxylic acids is 1. The first-order valence-electron chi connectivity index (χ1n) is 6.07. The van der Waals surface area contributed by atoms with Crippen molar-refractivity contribution in [2.75, 3.05) is 12.4 Å². The highest BCUT2D eigenvalue weighted by molar-refractivity contribution is 8.00. The number of amides is 1. The summed E-state index contributed by atoms with van der Waals surface area (Å²) >= 11 is 6.39. The second kappa shape index (κ2) is 6.11. The van der Waals surface area contributed by atoms with E-state index in [4.69, 9.17) is 21.9 Å². The van der Waals surface area contributed by atoms with Gasteiger partial charge in [-0.3, -0.25) is 19.3 Å². The zero-order valence-electron chi connectivity index (χ0n) is 11.6. The molecule has 1 saturated heterocycles. The van der Waals surface area contributed by atoms with Crippen molar-refractivity contribution in [1.82, 2.24) is 4.90 Å². The summed E-state index contributed by atoms with van der Waals surface area (Å²) in [5.74, 6) is -2.99. The van der Waals surface area contributed by atoms with Crippen LogP contribution in [0.5, 0.6) is 0 Å². The van der Waals surface area contributed by atoms with E-state index < -0.39 is 39.7 Å². The van der Waals surface area contributed by atoms with Crippen molar-refractivity contribution in [3.05, 3.63) is 21.7 Å². The van der Waals surface area contributed by atoms with Gasteiger partial charge >= 0.3 is 11.9 Å². The van der Waals surface area contributed by atoms with Crippen LogP contribution in [0.4, 0.5) is 0 Å². The predicted molar refractivity (Wildman–Crippen MR) is 77.1 cm³/mol. The molecule has 1 N–H and O–H groups in total. The molecule has 1 amide bonds. The third-order valence-electron chi connectivity index (χ3n) is 3.28. The van der Waals surface area contributed by atoms with Crippen LogP contribution in [0.15, 0.2) is 16.4 Å². The Bertz CT molecular complexity index is 699. The zero-order valence-corrected chi connectivity index (χ0v) is 13.1. The van der Waals surface area contributed by atoms with Gasteiger partial charge in [0, 0.05) is 23.2 Å². The summed E-state index contributed by atoms with van der Waals surface area (Å²) in [6, 6.07) is 0. The second-order valence-electron chi connectivity index (χ2n) is 4.61. The first-order chi connectivity index (χ1) is 10.8. The molecule has 2 atom stereocenters. The van der Waals surface area contributed by atoms with Gasteiger partial charge < -0.3 is 9.84 Å². The van der Waals surface area contributed by atoms with Crippen molar-refractivity contribution in [2.24, 2.45) is 5.11 Å². The van der Waals surface area contributed by atoms with Gasteiger partial charge in [-0.25, -0.2) is 4.79 Å². The minimum Gasteiger partial charge on any atom is -0.477 e. The highest BCUT2D eigenvalue weighted by Crippen LogP contribution is 2.49. The fourth-order valence-electron chi connectivity index (χ4n) is 2.28. The Kier molecular flexibility index (Phi) is 4.55. The lowest BCUT2D eigenvalue weighted by molar-refractivity contribution is -0.157. The molecule has 12 heteroatoms. The fourth-order valence-corrected chi connectivity index (χ4v) is 4.00. The Morgan fingerprint density at radius 2 is 2.26 bits per heavy atom. The molecule has 0 radical (unpaired) electrons. The lowest BCUT2D eigenvalue weighted by atomic mass is 9.88. The molecule has 122 valence electrons. The monoisotopic (exact) mass is 360 g/mol. The minimum atomic E-state index is -2.16. The number of ether oxygens (including phenoxy) is 1. The van der Waals surface area contributed by atoms with E-state index in [1.54, 1.807) is 0 Å². The van der Waals surface area contributed by atoms with E-state index in [9.17, 15) is 24.3 Å². The third-order valence-corrected chi connectivity index (χ3v) is 4.95. The van der Waals surface area contributed by atoms with Crippen LogP contribution in [-0.4, -0.2) is 56.4 Å². The molecule has 0 aliphatic carbocycles. The number of rotatable bonds is 5. The molecule has 2 aliphatic rings. The van der Waals surface area contributed by atoms with Crippen LogP contribution in [0.1, 0.15) is 6.92 Å². The molecule has 1 unspecified atom stereocenters. The number of halogens is 1. The minimum absolute atomic E-state index is 0.0657. The van der Waals surface area contributed by atoms with Crippen LogP contribution in [0, 0.1) is 0 Å². The van der Waals surface area contributed by atoms with E-state index in [2.05, 4.69) is 10.0 Å². The molecule has 0 aromatic carbocycles. The topological polar surface area (TPSA) is 150 Å². The Balaban J connectivity index is 2.44. The summed E-state index contributed by atoms with van der Waals surface area (Å²) in [5.41, 5.74) is 6.21. The van der Waals surface area contributed by atoms with Crippen LogP contribution < -0.4 is 0 Å². The number of hydrogen-bond acceptors (Lipinski definition) is 7. The number of β-lactam (4-membered cyclic amide) rings is 1. The van der Waals surface area contributed by atoms with Gasteiger partial charge in [-0.1, -0.05) is 5.11 Å². The smallest absolute Gasteiger partial charge is 0.352 e. The van der Waals surface area contributed by atoms with E-state index in [0.29, 0.717) is 0 Å². The standard InChI is InChI=1S/C11H9ClN4O6S/c1-4(17)22-2-5-3-23-10-11(8(12)20,14-15-13)9(21)16(10)6(5)7(18)19/h10H,2-3H2,1H3,(H,18,19)/t10-,11?/m1/s1. The lowest BCUT2D eigenvalue weighted by Crippen LogP contribution is -2.75. The molecule has 2 rings (SSSR count). The number of nitrogens with zero attached hydrogens (tertiary/aromatic N) is 4. The van der Waals surface area contributed by atoms with Gasteiger partial charge in [0.2, 0.25) is 10.8 Å². The highest BCUT2D eigenvalue weighted by atomic mass is 35.5. The summed E-state index contributed by atoms with van der Waals surface area (Å²) in [6.07, 6.45) is 0. The molecular formula is C11H9ClN4O6S. The molecule has 1 fully saturated rings. The summed E-state index contributed by atoms with van der Waals surface area (Å²) < 4.78 is 4.77. The number of carbonyl (C=O) groups excluding carboxylic acids is 3. The summed E-state index contributed by atoms with van der Waals surface area (Å²) in [5, 5.41) is 10.3. The van der Waals surface area contributed by atoms with Crippen molar-refractivity contribution in [3.8, 4) is 0 Å². The van der Waals surface area contributed by atoms with E-state index >= 15 is 0 Å². The second-order valence-corrected chi connectivity index (χ2v) is 6.02. The number of azide groups is 1. The SMILES string of the molecule is CC(=O)OCC1=C(C(=O)O)N2C(=O)C(N=[N+]=[N-])(C(=O)Cl)[C@H]2SC1. The zero-order chi connectivity index (χ0) is 17.4. The van der Waals surface area contributed by atoms with E-state index in [0.717, 1.165) is 23.6 Å². The molecule has 0 saturated carbocycles. The Labute approximate surface area is 138 Å². The van der Waals surface area contributed by atoms with Gasteiger partial charge in [-0.05, 0) is 17.1 Å². The molecule has 10 nitrogen and oxygen atoms in total. The van der Waals surface area contributed by atoms with Crippen LogP contribution in [0.2, 0.25) is 0 Å². The van der Waals surface area contributed by atoms with Crippen molar-refractivity contribution < 1.29 is 29.0 Å². The quantitative estimate of drug-likeness (QED) is 0.143. The number of fused-ring (bicyclic) bond motifs is 1. The number of carboxylic acids is 1. The summed E-state index contributed by atoms with van der Waals surface area (Å²) in [7, 11) is 0. The normalized spacial score (nSPS) is 25.9. The van der Waals surface area contributed by atoms with Gasteiger partial charge in [0.05, 0.1) is 0 Å². The number of thioether (sulfide) groups is 1. The van der Waals surface area contributed by atoms with Crippen molar-refractivity contribution in [1.29, 1.82) is 0 Å². The van der Waals surface area contributed by atoms with E-state index in [1.165, 1.54) is 0 Å². The van der Waals surface area contributed by atoms with Crippen LogP contribution in [-0.2, 0) is 23.9 Å². The van der Waals surface area contributed by atoms with Crippen molar-refractivity contribution >= 4 is 46.5 Å². The summed E-state index contributed by atoms with van der Waals surface area (Å²) in [6.45, 7) is 0.858. The average Bonchev–Trinajstić information content (AvgIpc) is 2.48. The number of carboxylic acid groups (broad SMARTS) is 1. The van der Waals surface area contributed by atoms with Crippen LogP contribution >= 0.6 is 23.4 Å². The Morgan fingerprint density at radius 3 is 2.74 bits per heavy atom. The Hall–Kier alpha value is -2.23. The molecule has 2 aliphatic heterocycles. The number of hydrogen-bond donors (Lipinski definition) is 1.